The molecule has 26 heavy (non-hydrogen) atoms. The Kier molecular flexibility index (Phi) is 3.71. The summed E-state index contributed by atoms with van der Waals surface area (Å²) >= 11 is 1.41. The molecule has 2 aromatic heterocycles. The minimum absolute atomic E-state index is 0.493. The van der Waals surface area contributed by atoms with Gasteiger partial charge in [-0.2, -0.15) is 0 Å². The van der Waals surface area contributed by atoms with Crippen molar-refractivity contribution in [3.05, 3.63) is 59.3 Å². The fourth-order valence-corrected chi connectivity index (χ4v) is 3.91. The summed E-state index contributed by atoms with van der Waals surface area (Å²) in [5.41, 5.74) is 11.5. The second kappa shape index (κ2) is 6.21. The molecule has 3 aromatic rings. The summed E-state index contributed by atoms with van der Waals surface area (Å²) in [6.45, 7) is 1.02. The van der Waals surface area contributed by atoms with Gasteiger partial charge in [0.1, 0.15) is 10.8 Å². The van der Waals surface area contributed by atoms with Crippen LogP contribution in [0.15, 0.2) is 42.5 Å². The van der Waals surface area contributed by atoms with E-state index in [9.17, 15) is 0 Å². The van der Waals surface area contributed by atoms with Gasteiger partial charge in [-0.25, -0.2) is 4.98 Å². The zero-order valence-electron chi connectivity index (χ0n) is 14.3. The van der Waals surface area contributed by atoms with E-state index in [-0.39, 0.29) is 0 Å². The third-order valence-corrected chi connectivity index (χ3v) is 5.71. The van der Waals surface area contributed by atoms with E-state index < -0.39 is 0 Å². The lowest BCUT2D eigenvalue weighted by Gasteiger charge is -2.10. The van der Waals surface area contributed by atoms with Gasteiger partial charge in [0.15, 0.2) is 0 Å². The normalized spacial score (nSPS) is 15.6. The molecule has 5 rings (SSSR count). The second-order valence-corrected chi connectivity index (χ2v) is 7.88. The number of nitrogens with one attached hydrogen (secondary N) is 1. The molecule has 0 aliphatic heterocycles. The Morgan fingerprint density at radius 1 is 1.15 bits per heavy atom. The van der Waals surface area contributed by atoms with Crippen LogP contribution < -0.4 is 11.1 Å². The number of nitrogen functional groups attached to an aromatic ring is 1. The van der Waals surface area contributed by atoms with Gasteiger partial charge in [0.05, 0.1) is 5.69 Å². The summed E-state index contributed by atoms with van der Waals surface area (Å²) in [4.78, 5) is 4.84. The molecule has 1 saturated carbocycles. The van der Waals surface area contributed by atoms with E-state index in [1.165, 1.54) is 40.9 Å². The molecule has 130 valence electrons. The zero-order valence-corrected chi connectivity index (χ0v) is 15.1. The fraction of sp³-hybridized carbons (Fsp3) is 0.250. The van der Waals surface area contributed by atoms with Crippen molar-refractivity contribution < 1.29 is 0 Å². The van der Waals surface area contributed by atoms with Crippen LogP contribution in [0.4, 0.5) is 10.9 Å². The number of rotatable bonds is 5. The van der Waals surface area contributed by atoms with Crippen LogP contribution in [-0.2, 0) is 6.42 Å². The highest BCUT2D eigenvalue weighted by molar-refractivity contribution is 7.18. The van der Waals surface area contributed by atoms with Gasteiger partial charge in [0, 0.05) is 17.7 Å². The Labute approximate surface area is 156 Å². The SMILES string of the molecule is Nc1nnc(-c2ccc3c(c2)C(c2cccc(NCC4CC4)n2)=CC3)s1. The molecule has 0 radical (unpaired) electrons. The van der Waals surface area contributed by atoms with E-state index in [4.69, 9.17) is 10.7 Å². The quantitative estimate of drug-likeness (QED) is 0.718. The van der Waals surface area contributed by atoms with Crippen molar-refractivity contribution in [1.29, 1.82) is 0 Å². The predicted octanol–water partition coefficient (Wildman–Crippen LogP) is 3.99. The first-order valence-electron chi connectivity index (χ1n) is 8.90. The van der Waals surface area contributed by atoms with Crippen molar-refractivity contribution in [3.8, 4) is 10.6 Å². The number of aromatic nitrogens is 3. The van der Waals surface area contributed by atoms with E-state index >= 15 is 0 Å². The molecule has 0 atom stereocenters. The van der Waals surface area contributed by atoms with Crippen molar-refractivity contribution in [1.82, 2.24) is 15.2 Å². The third-order valence-electron chi connectivity index (χ3n) is 4.91. The number of nitrogens with zero attached hydrogens (tertiary/aromatic N) is 3. The number of benzene rings is 1. The Morgan fingerprint density at radius 3 is 2.88 bits per heavy atom. The number of allylic oxidation sites excluding steroid dienone is 1. The van der Waals surface area contributed by atoms with Gasteiger partial charge in [-0.05, 0) is 54.5 Å². The van der Waals surface area contributed by atoms with Crippen molar-refractivity contribution in [2.24, 2.45) is 5.92 Å². The maximum absolute atomic E-state index is 5.73. The van der Waals surface area contributed by atoms with E-state index in [1.807, 2.05) is 6.07 Å². The molecule has 0 amide bonds. The molecule has 0 saturated heterocycles. The van der Waals surface area contributed by atoms with E-state index in [2.05, 4.69) is 51.9 Å². The lowest BCUT2D eigenvalue weighted by Crippen LogP contribution is -2.05. The van der Waals surface area contributed by atoms with E-state index in [0.717, 1.165) is 41.0 Å². The van der Waals surface area contributed by atoms with Crippen molar-refractivity contribution in [2.75, 3.05) is 17.6 Å². The van der Waals surface area contributed by atoms with Crippen LogP contribution >= 0.6 is 11.3 Å². The first-order chi connectivity index (χ1) is 12.8. The summed E-state index contributed by atoms with van der Waals surface area (Å²) in [6.07, 6.45) is 5.87. The van der Waals surface area contributed by atoms with Crippen LogP contribution in [0.1, 0.15) is 29.7 Å². The van der Waals surface area contributed by atoms with Crippen LogP contribution in [-0.4, -0.2) is 21.7 Å². The van der Waals surface area contributed by atoms with E-state index in [1.54, 1.807) is 0 Å². The first kappa shape index (κ1) is 15.5. The molecule has 5 nitrogen and oxygen atoms in total. The third kappa shape index (κ3) is 2.97. The van der Waals surface area contributed by atoms with Gasteiger partial charge in [-0.15, -0.1) is 10.2 Å². The fourth-order valence-electron chi connectivity index (χ4n) is 3.31. The molecular weight excluding hydrogens is 342 g/mol. The Hall–Kier alpha value is -2.73. The molecule has 1 fully saturated rings. The molecule has 0 bridgehead atoms. The van der Waals surface area contributed by atoms with Crippen LogP contribution in [0.3, 0.4) is 0 Å². The van der Waals surface area contributed by atoms with Gasteiger partial charge < -0.3 is 11.1 Å². The van der Waals surface area contributed by atoms with Gasteiger partial charge in [0.25, 0.3) is 0 Å². The topological polar surface area (TPSA) is 76.7 Å². The summed E-state index contributed by atoms with van der Waals surface area (Å²) in [7, 11) is 0. The number of nitrogens with two attached hydrogens (primary N) is 1. The molecule has 2 aliphatic rings. The van der Waals surface area contributed by atoms with Crippen molar-refractivity contribution in [2.45, 2.75) is 19.3 Å². The highest BCUT2D eigenvalue weighted by Gasteiger charge is 2.21. The van der Waals surface area contributed by atoms with Crippen molar-refractivity contribution >= 4 is 27.9 Å². The largest absolute Gasteiger partial charge is 0.374 e. The van der Waals surface area contributed by atoms with Gasteiger partial charge >= 0.3 is 0 Å². The lowest BCUT2D eigenvalue weighted by molar-refractivity contribution is 0.882. The monoisotopic (exact) mass is 361 g/mol. The lowest BCUT2D eigenvalue weighted by atomic mass is 10.0. The van der Waals surface area contributed by atoms with E-state index in [0.29, 0.717) is 5.13 Å². The standard InChI is InChI=1S/C20H19N5S/c21-20-25-24-19(26-20)14-7-6-13-8-9-15(16(13)10-14)17-2-1-3-18(23-17)22-11-12-4-5-12/h1-3,6-7,9-10,12H,4-5,8,11H2,(H2,21,25)(H,22,23). The Morgan fingerprint density at radius 2 is 2.08 bits per heavy atom. The second-order valence-electron chi connectivity index (χ2n) is 6.87. The highest BCUT2D eigenvalue weighted by Crippen LogP contribution is 2.36. The molecule has 6 heteroatoms. The van der Waals surface area contributed by atoms with Gasteiger partial charge in [-0.3, -0.25) is 0 Å². The predicted molar refractivity (Wildman–Crippen MR) is 106 cm³/mol. The van der Waals surface area contributed by atoms with Crippen LogP contribution in [0.5, 0.6) is 0 Å². The van der Waals surface area contributed by atoms with Crippen LogP contribution in [0.25, 0.3) is 16.1 Å². The van der Waals surface area contributed by atoms with Gasteiger partial charge in [-0.1, -0.05) is 35.6 Å². The smallest absolute Gasteiger partial charge is 0.203 e. The molecule has 2 aliphatic carbocycles. The average molecular weight is 361 g/mol. The Balaban J connectivity index is 1.46. The minimum atomic E-state index is 0.493. The Bertz CT molecular complexity index is 1000. The first-order valence-corrected chi connectivity index (χ1v) is 9.72. The molecule has 0 spiro atoms. The van der Waals surface area contributed by atoms with Gasteiger partial charge in [0.2, 0.25) is 5.13 Å². The zero-order chi connectivity index (χ0) is 17.5. The maximum Gasteiger partial charge on any atom is 0.203 e. The van der Waals surface area contributed by atoms with Crippen LogP contribution in [0.2, 0.25) is 0 Å². The summed E-state index contributed by atoms with van der Waals surface area (Å²) in [5, 5.41) is 12.9. The number of hydrogen-bond acceptors (Lipinski definition) is 6. The highest BCUT2D eigenvalue weighted by atomic mass is 32.1. The molecule has 1 aromatic carbocycles. The molecular formula is C20H19N5S. The van der Waals surface area contributed by atoms with Crippen LogP contribution in [0, 0.1) is 5.92 Å². The number of fused-ring (bicyclic) bond motifs is 1. The summed E-state index contributed by atoms with van der Waals surface area (Å²) in [5.74, 6) is 1.78. The molecule has 0 unspecified atom stereocenters. The molecule has 2 heterocycles. The maximum atomic E-state index is 5.73. The molecule has 3 N–H and O–H groups in total. The number of hydrogen-bond donors (Lipinski definition) is 2. The minimum Gasteiger partial charge on any atom is -0.374 e. The summed E-state index contributed by atoms with van der Waals surface area (Å²) in [6, 6.07) is 12.6. The number of anilines is 2. The summed E-state index contributed by atoms with van der Waals surface area (Å²) < 4.78 is 0. The number of pyridine rings is 1. The average Bonchev–Trinajstić information content (AvgIpc) is 3.24. The van der Waals surface area contributed by atoms with Crippen molar-refractivity contribution in [3.63, 3.8) is 0 Å².